The lowest BCUT2D eigenvalue weighted by atomic mass is 9.80. The summed E-state index contributed by atoms with van der Waals surface area (Å²) in [6, 6.07) is 15.1. The van der Waals surface area contributed by atoms with E-state index >= 15 is 0 Å². The number of aliphatic imine (C=N–C) groups is 1. The Labute approximate surface area is 300 Å². The van der Waals surface area contributed by atoms with Gasteiger partial charge in [-0.1, -0.05) is 79.7 Å². The zero-order valence-corrected chi connectivity index (χ0v) is 32.4. The van der Waals surface area contributed by atoms with Crippen LogP contribution in [0.3, 0.4) is 0 Å². The largest absolute Gasteiger partial charge is 0.370 e. The maximum atomic E-state index is 12.5. The molecule has 2 heterocycles. The first kappa shape index (κ1) is 40.5. The maximum Gasteiger partial charge on any atom is 0.354 e. The molecule has 9 nitrogen and oxygen atoms in total. The summed E-state index contributed by atoms with van der Waals surface area (Å²) in [5.41, 5.74) is 26.0. The third-order valence-electron chi connectivity index (χ3n) is 8.80. The predicted molar refractivity (Wildman–Crippen MR) is 212 cm³/mol. The van der Waals surface area contributed by atoms with Crippen LogP contribution in [0.1, 0.15) is 115 Å². The molecule has 0 fully saturated rings. The summed E-state index contributed by atoms with van der Waals surface area (Å²) in [5.74, 6) is 0.827. The van der Waals surface area contributed by atoms with Crippen LogP contribution in [0.25, 0.3) is 16.7 Å². The van der Waals surface area contributed by atoms with Gasteiger partial charge < -0.3 is 27.5 Å². The van der Waals surface area contributed by atoms with Gasteiger partial charge in [-0.15, -0.1) is 0 Å². The van der Waals surface area contributed by atoms with Crippen molar-refractivity contribution in [3.63, 3.8) is 0 Å². The van der Waals surface area contributed by atoms with Crippen molar-refractivity contribution in [2.24, 2.45) is 28.1 Å². The van der Waals surface area contributed by atoms with Crippen LogP contribution in [0.15, 0.2) is 58.4 Å². The van der Waals surface area contributed by atoms with Gasteiger partial charge in [0.2, 0.25) is 0 Å². The van der Waals surface area contributed by atoms with Crippen molar-refractivity contribution in [1.82, 2.24) is 19.9 Å². The molecule has 9 heteroatoms. The Hall–Kier alpha value is -3.95. The first-order valence-corrected chi connectivity index (χ1v) is 18.2. The van der Waals surface area contributed by atoms with Crippen molar-refractivity contribution < 1.29 is 0 Å². The van der Waals surface area contributed by atoms with Crippen LogP contribution in [0, 0.1) is 12.8 Å². The molecule has 50 heavy (non-hydrogen) atoms. The van der Waals surface area contributed by atoms with Gasteiger partial charge >= 0.3 is 5.69 Å². The Kier molecular flexibility index (Phi) is 14.4. The summed E-state index contributed by atoms with van der Waals surface area (Å²) in [6.07, 6.45) is 7.33. The minimum atomic E-state index is -0.301. The molecule has 2 aromatic heterocycles. The van der Waals surface area contributed by atoms with E-state index in [1.807, 2.05) is 30.5 Å². The van der Waals surface area contributed by atoms with Crippen LogP contribution in [0.4, 0.5) is 0 Å². The summed E-state index contributed by atoms with van der Waals surface area (Å²) in [4.78, 5) is 23.9. The second kappa shape index (κ2) is 17.8. The first-order chi connectivity index (χ1) is 23.3. The number of rotatable bonds is 13. The number of aromatic nitrogens is 3. The molecule has 0 bridgehead atoms. The highest BCUT2D eigenvalue weighted by Crippen LogP contribution is 2.31. The molecule has 2 aromatic carbocycles. The van der Waals surface area contributed by atoms with E-state index < -0.39 is 0 Å². The fourth-order valence-electron chi connectivity index (χ4n) is 6.05. The van der Waals surface area contributed by atoms with Gasteiger partial charge in [-0.25, -0.2) is 4.79 Å². The van der Waals surface area contributed by atoms with Crippen LogP contribution in [0.5, 0.6) is 0 Å². The molecule has 4 aromatic rings. The third-order valence-corrected chi connectivity index (χ3v) is 8.80. The van der Waals surface area contributed by atoms with Gasteiger partial charge in [0.15, 0.2) is 5.96 Å². The Balaban J connectivity index is 0.000000286. The molecule has 0 unspecified atom stereocenters. The average Bonchev–Trinajstić information content (AvgIpc) is 3.43. The summed E-state index contributed by atoms with van der Waals surface area (Å²) in [6.45, 7) is 24.5. The molecular weight excluding hydrogens is 621 g/mol. The molecule has 0 aliphatic rings. The molecule has 0 saturated carbocycles. The van der Waals surface area contributed by atoms with Crippen molar-refractivity contribution >= 4 is 17.0 Å². The van der Waals surface area contributed by atoms with Gasteiger partial charge in [0.25, 0.3) is 0 Å². The van der Waals surface area contributed by atoms with Crippen molar-refractivity contribution in [2.45, 2.75) is 125 Å². The molecule has 0 amide bonds. The minimum Gasteiger partial charge on any atom is -0.370 e. The van der Waals surface area contributed by atoms with E-state index in [4.69, 9.17) is 17.2 Å². The Morgan fingerprint density at radius 3 is 2.22 bits per heavy atom. The predicted octanol–water partition coefficient (Wildman–Crippen LogP) is 6.93. The molecular formula is C41H64N8O. The molecule has 1 atom stereocenters. The molecule has 0 aliphatic heterocycles. The van der Waals surface area contributed by atoms with E-state index in [1.165, 1.54) is 35.1 Å². The molecule has 8 N–H and O–H groups in total. The zero-order chi connectivity index (χ0) is 37.2. The zero-order valence-electron chi connectivity index (χ0n) is 32.4. The maximum absolute atomic E-state index is 12.5. The second-order valence-corrected chi connectivity index (χ2v) is 16.3. The minimum absolute atomic E-state index is 0.0352. The second-order valence-electron chi connectivity index (χ2n) is 16.3. The number of hydrogen-bond acceptors (Lipinski definition) is 5. The third kappa shape index (κ3) is 12.4. The first-order valence-electron chi connectivity index (χ1n) is 18.2. The standard InChI is InChI=1S/C21H29N7O.C20H35N/c1-21(2,3)17-11-15-13-28(20(29)27-18(15)26-17)16-7-5-14(6-8-16)12-24-9-4-10-25-19(22)23;1-14(2)11-18-12-17(10-8-9-15(3)21)13-19(16(18)4)20(5,6)7/h5-8,11,13,24H,4,9-10,12H2,1-3H3,(H4,22,23,25)(H,26,27,29);12-15H,8-11,21H2,1-7H3/t;15-/m.0/s1. The highest BCUT2D eigenvalue weighted by Gasteiger charge is 2.20. The van der Waals surface area contributed by atoms with Crippen LogP contribution in [-0.4, -0.2) is 39.6 Å². The SMILES string of the molecule is CC(C)(C)c1cc2cn(-c3ccc(CNCCCN=C(N)N)cc3)c(=O)nc2[nH]1.Cc1c(CC(C)C)cc(CCC[C@H](C)N)cc1C(C)(C)C. The van der Waals surface area contributed by atoms with Crippen molar-refractivity contribution in [2.75, 3.05) is 13.1 Å². The number of fused-ring (bicyclic) bond motifs is 1. The summed E-state index contributed by atoms with van der Waals surface area (Å²) in [7, 11) is 0. The van der Waals surface area contributed by atoms with Crippen LogP contribution >= 0.6 is 0 Å². The number of guanidine groups is 1. The number of H-pyrrole nitrogens is 1. The highest BCUT2D eigenvalue weighted by molar-refractivity contribution is 5.76. The van der Waals surface area contributed by atoms with E-state index in [2.05, 4.69) is 108 Å². The number of benzene rings is 2. The van der Waals surface area contributed by atoms with Crippen LogP contribution in [-0.2, 0) is 30.2 Å². The van der Waals surface area contributed by atoms with Crippen molar-refractivity contribution in [1.29, 1.82) is 0 Å². The summed E-state index contributed by atoms with van der Waals surface area (Å²) < 4.78 is 1.58. The van der Waals surface area contributed by atoms with Gasteiger partial charge in [-0.05, 0) is 110 Å². The number of nitrogens with one attached hydrogen (secondary N) is 2. The van der Waals surface area contributed by atoms with Gasteiger partial charge in [-0.3, -0.25) is 9.56 Å². The Morgan fingerprint density at radius 1 is 0.960 bits per heavy atom. The van der Waals surface area contributed by atoms with Crippen LogP contribution in [0.2, 0.25) is 0 Å². The van der Waals surface area contributed by atoms with E-state index in [1.54, 1.807) is 4.57 Å². The van der Waals surface area contributed by atoms with Gasteiger partial charge in [-0.2, -0.15) is 4.98 Å². The Bertz CT molecular complexity index is 1740. The number of aryl methyl sites for hydroxylation is 1. The lowest BCUT2D eigenvalue weighted by molar-refractivity contribution is 0.574. The molecule has 0 aliphatic carbocycles. The normalized spacial score (nSPS) is 12.6. The number of aromatic amines is 1. The lowest BCUT2D eigenvalue weighted by Gasteiger charge is -2.25. The van der Waals surface area contributed by atoms with Crippen LogP contribution < -0.4 is 28.2 Å². The number of nitrogens with zero attached hydrogens (tertiary/aromatic N) is 3. The van der Waals surface area contributed by atoms with Gasteiger partial charge in [0, 0.05) is 41.8 Å². The Morgan fingerprint density at radius 2 is 1.64 bits per heavy atom. The summed E-state index contributed by atoms with van der Waals surface area (Å²) >= 11 is 0. The van der Waals surface area contributed by atoms with E-state index in [9.17, 15) is 4.79 Å². The summed E-state index contributed by atoms with van der Waals surface area (Å²) in [5, 5.41) is 4.27. The molecule has 0 saturated heterocycles. The van der Waals surface area contributed by atoms with E-state index in [-0.39, 0.29) is 22.5 Å². The highest BCUT2D eigenvalue weighted by atomic mass is 16.1. The van der Waals surface area contributed by atoms with Crippen molar-refractivity contribution in [3.05, 3.63) is 92.7 Å². The smallest absolute Gasteiger partial charge is 0.354 e. The molecule has 0 radical (unpaired) electrons. The number of nitrogens with two attached hydrogens (primary N) is 3. The van der Waals surface area contributed by atoms with Gasteiger partial charge in [0.1, 0.15) is 5.65 Å². The fourth-order valence-corrected chi connectivity index (χ4v) is 6.05. The molecule has 0 spiro atoms. The number of hydrogen-bond donors (Lipinski definition) is 5. The molecule has 274 valence electrons. The fraction of sp³-hybridized carbons (Fsp3) is 0.537. The van der Waals surface area contributed by atoms with Crippen molar-refractivity contribution in [3.8, 4) is 5.69 Å². The van der Waals surface area contributed by atoms with Gasteiger partial charge in [0.05, 0.1) is 5.69 Å². The topological polar surface area (TPSA) is 153 Å². The molecule has 4 rings (SSSR count). The monoisotopic (exact) mass is 685 g/mol. The lowest BCUT2D eigenvalue weighted by Crippen LogP contribution is -2.23. The van der Waals surface area contributed by atoms with E-state index in [0.29, 0.717) is 24.2 Å². The average molecular weight is 685 g/mol. The van der Waals surface area contributed by atoms with E-state index in [0.717, 1.165) is 54.7 Å². The quantitative estimate of drug-likeness (QED) is 0.0585.